The molecule has 0 N–H and O–H groups in total. The lowest BCUT2D eigenvalue weighted by Gasteiger charge is -2.08. The quantitative estimate of drug-likeness (QED) is 0.312. The molecule has 0 saturated heterocycles. The summed E-state index contributed by atoms with van der Waals surface area (Å²) in [4.78, 5) is 15.8. The van der Waals surface area contributed by atoms with Gasteiger partial charge < -0.3 is 13.9 Å². The average Bonchev–Trinajstić information content (AvgIpc) is 2.49. The zero-order valence-electron chi connectivity index (χ0n) is 11.2. The average molecular weight is 283 g/mol. The largest absolute Gasteiger partial charge is 0.467 e. The smallest absolute Gasteiger partial charge is 0.189 e. The van der Waals surface area contributed by atoms with E-state index in [1.807, 2.05) is 0 Å². The van der Waals surface area contributed by atoms with Crippen LogP contribution in [-0.2, 0) is 4.74 Å². The van der Waals surface area contributed by atoms with E-state index in [1.165, 1.54) is 12.1 Å². The highest BCUT2D eigenvalue weighted by atomic mass is 16.7. The van der Waals surface area contributed by atoms with Crippen LogP contribution >= 0.6 is 0 Å². The number of nitrogens with zero attached hydrogens (tertiary/aromatic N) is 1. The van der Waals surface area contributed by atoms with Crippen LogP contribution in [0.25, 0.3) is 22.6 Å². The molecule has 0 radical (unpaired) electrons. The number of ether oxygens (including phenoxy) is 2. The molecule has 0 amide bonds. The van der Waals surface area contributed by atoms with Crippen molar-refractivity contribution in [3.63, 3.8) is 0 Å². The third kappa shape index (κ3) is 2.93. The van der Waals surface area contributed by atoms with Crippen molar-refractivity contribution in [2.75, 3.05) is 13.4 Å². The number of hydrogen-bond acceptors (Lipinski definition) is 5. The fourth-order valence-corrected chi connectivity index (χ4v) is 1.92. The molecule has 2 aliphatic rings. The molecule has 3 rings (SSSR count). The minimum atomic E-state index is -0.113. The molecule has 106 valence electrons. The van der Waals surface area contributed by atoms with E-state index in [9.17, 15) is 4.79 Å². The molecule has 1 heterocycles. The van der Waals surface area contributed by atoms with Gasteiger partial charge in [0.05, 0.1) is 6.61 Å². The summed E-state index contributed by atoms with van der Waals surface area (Å²) in [5.41, 5.74) is 1.78. The van der Waals surface area contributed by atoms with Crippen LogP contribution in [0.15, 0.2) is 58.3 Å². The molecule has 0 aromatic heterocycles. The fourth-order valence-electron chi connectivity index (χ4n) is 1.92. The Kier molecular flexibility index (Phi) is 3.66. The van der Waals surface area contributed by atoms with Crippen molar-refractivity contribution < 1.29 is 13.9 Å². The Bertz CT molecular complexity index is 809. The first-order valence-corrected chi connectivity index (χ1v) is 6.42. The number of fused-ring (bicyclic) bond motifs is 2. The lowest BCUT2D eigenvalue weighted by Crippen LogP contribution is -2.02. The Morgan fingerprint density at radius 3 is 3.00 bits per heavy atom. The lowest BCUT2D eigenvalue weighted by molar-refractivity contribution is 0.0308. The Hall–Kier alpha value is -2.66. The number of aromatic nitrogens is 1. The van der Waals surface area contributed by atoms with Gasteiger partial charge in [0.2, 0.25) is 0 Å². The van der Waals surface area contributed by atoms with E-state index in [1.54, 1.807) is 30.3 Å². The molecule has 0 bridgehead atoms. The van der Waals surface area contributed by atoms with Crippen molar-refractivity contribution in [2.45, 2.75) is 0 Å². The molecule has 0 unspecified atom stereocenters. The van der Waals surface area contributed by atoms with Gasteiger partial charge in [0.25, 0.3) is 0 Å². The van der Waals surface area contributed by atoms with Crippen LogP contribution in [0.3, 0.4) is 0 Å². The zero-order chi connectivity index (χ0) is 14.7. The van der Waals surface area contributed by atoms with Crippen LogP contribution in [0, 0.1) is 0 Å². The molecular formula is C16H13NO4. The lowest BCUT2D eigenvalue weighted by atomic mass is 10.2. The van der Waals surface area contributed by atoms with Crippen molar-refractivity contribution in [3.05, 3.63) is 59.3 Å². The van der Waals surface area contributed by atoms with E-state index in [4.69, 9.17) is 13.9 Å². The highest BCUT2D eigenvalue weighted by Crippen LogP contribution is 2.26. The summed E-state index contributed by atoms with van der Waals surface area (Å²) in [7, 11) is 0. The molecular weight excluding hydrogens is 270 g/mol. The summed E-state index contributed by atoms with van der Waals surface area (Å²) in [6.45, 7) is 4.11. The number of hydrogen-bond donors (Lipinski definition) is 0. The van der Waals surface area contributed by atoms with Crippen LogP contribution in [-0.4, -0.2) is 18.4 Å². The predicted molar refractivity (Wildman–Crippen MR) is 78.5 cm³/mol. The first-order valence-electron chi connectivity index (χ1n) is 6.42. The van der Waals surface area contributed by atoms with Crippen LogP contribution in [0.2, 0.25) is 0 Å². The second-order valence-electron chi connectivity index (χ2n) is 4.39. The summed E-state index contributed by atoms with van der Waals surface area (Å²) in [5, 5.41) is 0. The molecule has 0 spiro atoms. The molecule has 1 aromatic carbocycles. The van der Waals surface area contributed by atoms with Crippen LogP contribution in [0.4, 0.5) is 0 Å². The van der Waals surface area contributed by atoms with Crippen LogP contribution < -0.4 is 10.2 Å². The fraction of sp³-hybridized carbons (Fsp3) is 0.125. The zero-order valence-corrected chi connectivity index (χ0v) is 11.2. The topological polar surface area (TPSA) is 61.6 Å². The minimum Gasteiger partial charge on any atom is -0.467 e. The van der Waals surface area contributed by atoms with Gasteiger partial charge in [-0.05, 0) is 24.3 Å². The van der Waals surface area contributed by atoms with Gasteiger partial charge in [-0.15, -0.1) is 6.58 Å². The standard InChI is InChI=1S/C16H13NO4/c1-2-7-19-10-20-12-4-6-14-16(9-12)21-15-8-11(18)3-5-13(15)17-14/h2-6,8-9H,1,7,10H2. The third-order valence-corrected chi connectivity index (χ3v) is 2.87. The Morgan fingerprint density at radius 1 is 1.24 bits per heavy atom. The maximum Gasteiger partial charge on any atom is 0.189 e. The SMILES string of the molecule is C=CCOCOc1ccc2nc3ccc(=O)cc-3oc2c1. The van der Waals surface area contributed by atoms with Gasteiger partial charge in [0, 0.05) is 12.1 Å². The molecule has 1 aliphatic heterocycles. The molecule has 5 nitrogen and oxygen atoms in total. The van der Waals surface area contributed by atoms with Gasteiger partial charge in [-0.3, -0.25) is 4.79 Å². The summed E-state index contributed by atoms with van der Waals surface area (Å²) in [6.07, 6.45) is 1.65. The number of rotatable bonds is 5. The Balaban J connectivity index is 1.93. The Morgan fingerprint density at radius 2 is 2.14 bits per heavy atom. The van der Waals surface area contributed by atoms with Crippen molar-refractivity contribution in [2.24, 2.45) is 0 Å². The van der Waals surface area contributed by atoms with Gasteiger partial charge in [-0.1, -0.05) is 6.08 Å². The van der Waals surface area contributed by atoms with E-state index in [0.717, 1.165) is 0 Å². The highest BCUT2D eigenvalue weighted by molar-refractivity contribution is 5.77. The summed E-state index contributed by atoms with van der Waals surface area (Å²) in [5.74, 6) is 1.06. The van der Waals surface area contributed by atoms with Gasteiger partial charge in [-0.2, -0.15) is 0 Å². The van der Waals surface area contributed by atoms with E-state index in [0.29, 0.717) is 34.9 Å². The van der Waals surface area contributed by atoms with Gasteiger partial charge >= 0.3 is 0 Å². The molecule has 0 fully saturated rings. The minimum absolute atomic E-state index is 0.113. The third-order valence-electron chi connectivity index (χ3n) is 2.87. The molecule has 1 aromatic rings. The highest BCUT2D eigenvalue weighted by Gasteiger charge is 2.09. The van der Waals surface area contributed by atoms with E-state index in [-0.39, 0.29) is 12.2 Å². The van der Waals surface area contributed by atoms with E-state index < -0.39 is 0 Å². The molecule has 5 heteroatoms. The van der Waals surface area contributed by atoms with Gasteiger partial charge in [0.15, 0.2) is 23.6 Å². The molecule has 21 heavy (non-hydrogen) atoms. The first kappa shape index (κ1) is 13.3. The summed E-state index contributed by atoms with van der Waals surface area (Å²) < 4.78 is 16.3. The van der Waals surface area contributed by atoms with Crippen molar-refractivity contribution >= 4 is 11.1 Å². The van der Waals surface area contributed by atoms with E-state index in [2.05, 4.69) is 11.6 Å². The predicted octanol–water partition coefficient (Wildman–Crippen LogP) is 2.83. The first-order chi connectivity index (χ1) is 10.3. The van der Waals surface area contributed by atoms with Crippen molar-refractivity contribution in [1.82, 2.24) is 4.98 Å². The van der Waals surface area contributed by atoms with Crippen molar-refractivity contribution in [1.29, 1.82) is 0 Å². The maximum absolute atomic E-state index is 11.4. The van der Waals surface area contributed by atoms with Crippen LogP contribution in [0.5, 0.6) is 5.75 Å². The normalized spacial score (nSPS) is 10.9. The molecule has 1 aliphatic carbocycles. The van der Waals surface area contributed by atoms with Gasteiger partial charge in [0.1, 0.15) is 17.0 Å². The molecule has 0 atom stereocenters. The monoisotopic (exact) mass is 283 g/mol. The number of benzene rings is 2. The Labute approximate surface area is 120 Å². The molecule has 0 saturated carbocycles. The second-order valence-corrected chi connectivity index (χ2v) is 4.39. The maximum atomic E-state index is 11.4. The summed E-state index contributed by atoms with van der Waals surface area (Å²) >= 11 is 0. The summed E-state index contributed by atoms with van der Waals surface area (Å²) in [6, 6.07) is 9.83. The second kappa shape index (κ2) is 5.76. The van der Waals surface area contributed by atoms with Crippen LogP contribution in [0.1, 0.15) is 0 Å². The van der Waals surface area contributed by atoms with Crippen molar-refractivity contribution in [3.8, 4) is 17.2 Å². The van der Waals surface area contributed by atoms with Gasteiger partial charge in [-0.25, -0.2) is 4.98 Å². The van der Waals surface area contributed by atoms with E-state index >= 15 is 0 Å².